The van der Waals surface area contributed by atoms with E-state index in [1.807, 2.05) is 7.05 Å². The van der Waals surface area contributed by atoms with Crippen molar-refractivity contribution in [1.82, 2.24) is 5.32 Å². The molecular weight excluding hydrogens is 284 g/mol. The minimum Gasteiger partial charge on any atom is -0.378 e. The average molecular weight is 308 g/mol. The summed E-state index contributed by atoms with van der Waals surface area (Å²) in [6, 6.07) is 17.2. The molecule has 1 aliphatic heterocycles. The van der Waals surface area contributed by atoms with Gasteiger partial charge in [-0.25, -0.2) is 0 Å². The molecule has 0 unspecified atom stereocenters. The summed E-state index contributed by atoms with van der Waals surface area (Å²) in [5.74, 6) is 0.937. The molecule has 0 fully saturated rings. The Balaban J connectivity index is 1.67. The Morgan fingerprint density at radius 2 is 1.87 bits per heavy atom. The van der Waals surface area contributed by atoms with Crippen molar-refractivity contribution in [3.8, 4) is 0 Å². The molecule has 0 spiro atoms. The number of hydrogen-bond donors (Lipinski definition) is 1. The van der Waals surface area contributed by atoms with Gasteiger partial charge in [0.05, 0.1) is 0 Å². The summed E-state index contributed by atoms with van der Waals surface area (Å²) in [5, 5.41) is 3.48. The van der Waals surface area contributed by atoms with Crippen LogP contribution in [0.1, 0.15) is 11.1 Å². The molecule has 0 aromatic heterocycles. The number of guanidine groups is 1. The first-order chi connectivity index (χ1) is 11.2. The Hall–Kier alpha value is -2.49. The van der Waals surface area contributed by atoms with Crippen molar-refractivity contribution in [2.24, 2.45) is 4.99 Å². The molecule has 2 aromatic rings. The van der Waals surface area contributed by atoms with Crippen LogP contribution >= 0.6 is 0 Å². The summed E-state index contributed by atoms with van der Waals surface area (Å²) >= 11 is 0. The van der Waals surface area contributed by atoms with E-state index in [1.165, 1.54) is 22.5 Å². The molecule has 1 aliphatic rings. The second-order valence-corrected chi connectivity index (χ2v) is 5.99. The maximum Gasteiger partial charge on any atom is 0.198 e. The Labute approximate surface area is 138 Å². The van der Waals surface area contributed by atoms with Crippen molar-refractivity contribution in [1.29, 1.82) is 0 Å². The molecule has 4 nitrogen and oxygen atoms in total. The molecule has 3 rings (SSSR count). The van der Waals surface area contributed by atoms with Crippen LogP contribution in [-0.2, 0) is 13.0 Å². The number of nitrogens with one attached hydrogen (secondary N) is 1. The molecule has 0 amide bonds. The van der Waals surface area contributed by atoms with Crippen molar-refractivity contribution in [2.75, 3.05) is 37.5 Å². The highest BCUT2D eigenvalue weighted by molar-refractivity contribution is 5.97. The number of hydrogen-bond acceptors (Lipinski definition) is 2. The molecule has 0 saturated carbocycles. The molecule has 0 saturated heterocycles. The quantitative estimate of drug-likeness (QED) is 0.699. The fourth-order valence-electron chi connectivity index (χ4n) is 2.95. The molecule has 1 N–H and O–H groups in total. The first-order valence-electron chi connectivity index (χ1n) is 8.01. The van der Waals surface area contributed by atoms with Crippen LogP contribution in [-0.4, -0.2) is 33.6 Å². The van der Waals surface area contributed by atoms with Gasteiger partial charge in [-0.3, -0.25) is 4.99 Å². The summed E-state index contributed by atoms with van der Waals surface area (Å²) in [6.07, 6.45) is 1.08. The topological polar surface area (TPSA) is 30.9 Å². The van der Waals surface area contributed by atoms with E-state index < -0.39 is 0 Å². The van der Waals surface area contributed by atoms with Crippen LogP contribution in [0.2, 0.25) is 0 Å². The predicted molar refractivity (Wildman–Crippen MR) is 98.5 cm³/mol. The van der Waals surface area contributed by atoms with Crippen molar-refractivity contribution >= 4 is 17.3 Å². The number of fused-ring (bicyclic) bond motifs is 1. The van der Waals surface area contributed by atoms with Crippen LogP contribution < -0.4 is 15.1 Å². The minimum atomic E-state index is 0.777. The van der Waals surface area contributed by atoms with Crippen molar-refractivity contribution in [2.45, 2.75) is 13.0 Å². The van der Waals surface area contributed by atoms with Crippen LogP contribution in [0, 0.1) is 0 Å². The standard InChI is InChI=1S/C19H24N4/c1-20-19(23-13-12-16-6-4-5-7-18(16)23)21-14-15-8-10-17(11-9-15)22(2)3/h4-11H,12-14H2,1-3H3,(H,20,21). The number of para-hydroxylation sites is 1. The van der Waals surface area contributed by atoms with Gasteiger partial charge < -0.3 is 15.1 Å². The molecule has 0 radical (unpaired) electrons. The first-order valence-corrected chi connectivity index (χ1v) is 8.01. The summed E-state index contributed by atoms with van der Waals surface area (Å²) in [4.78, 5) is 8.83. The van der Waals surface area contributed by atoms with Crippen LogP contribution in [0.4, 0.5) is 11.4 Å². The lowest BCUT2D eigenvalue weighted by Crippen LogP contribution is -2.40. The van der Waals surface area contributed by atoms with Gasteiger partial charge in [-0.05, 0) is 35.7 Å². The van der Waals surface area contributed by atoms with Gasteiger partial charge in [0.25, 0.3) is 0 Å². The van der Waals surface area contributed by atoms with Crippen molar-refractivity contribution in [3.05, 3.63) is 59.7 Å². The van der Waals surface area contributed by atoms with Gasteiger partial charge >= 0.3 is 0 Å². The largest absolute Gasteiger partial charge is 0.378 e. The second-order valence-electron chi connectivity index (χ2n) is 5.99. The van der Waals surface area contributed by atoms with Crippen LogP contribution in [0.25, 0.3) is 0 Å². The highest BCUT2D eigenvalue weighted by atomic mass is 15.3. The molecule has 1 heterocycles. The van der Waals surface area contributed by atoms with Gasteiger partial charge in [0.15, 0.2) is 5.96 Å². The molecule has 2 aromatic carbocycles. The molecule has 0 atom stereocenters. The molecule has 0 bridgehead atoms. The van der Waals surface area contributed by atoms with Crippen LogP contribution in [0.3, 0.4) is 0 Å². The highest BCUT2D eigenvalue weighted by Gasteiger charge is 2.22. The molecule has 0 aliphatic carbocycles. The van der Waals surface area contributed by atoms with Crippen LogP contribution in [0.5, 0.6) is 0 Å². The van der Waals surface area contributed by atoms with Gasteiger partial charge in [-0.1, -0.05) is 30.3 Å². The Morgan fingerprint density at radius 1 is 1.13 bits per heavy atom. The van der Waals surface area contributed by atoms with Gasteiger partial charge in [0.1, 0.15) is 0 Å². The first kappa shape index (κ1) is 15.4. The molecule has 4 heteroatoms. The number of nitrogens with zero attached hydrogens (tertiary/aromatic N) is 3. The van der Waals surface area contributed by atoms with E-state index >= 15 is 0 Å². The fraction of sp³-hybridized carbons (Fsp3) is 0.316. The minimum absolute atomic E-state index is 0.777. The van der Waals surface area contributed by atoms with Crippen molar-refractivity contribution in [3.63, 3.8) is 0 Å². The SMILES string of the molecule is CN=C(NCc1ccc(N(C)C)cc1)N1CCc2ccccc21. The van der Waals surface area contributed by atoms with E-state index in [2.05, 4.69) is 82.7 Å². The van der Waals surface area contributed by atoms with E-state index in [0.29, 0.717) is 0 Å². The average Bonchev–Trinajstić information content (AvgIpc) is 3.00. The van der Waals surface area contributed by atoms with Crippen molar-refractivity contribution < 1.29 is 0 Å². The smallest absolute Gasteiger partial charge is 0.198 e. The summed E-state index contributed by atoms with van der Waals surface area (Å²) < 4.78 is 0. The molecular formula is C19H24N4. The van der Waals surface area contributed by atoms with Gasteiger partial charge in [0, 0.05) is 45.6 Å². The lowest BCUT2D eigenvalue weighted by Gasteiger charge is -2.22. The van der Waals surface area contributed by atoms with Gasteiger partial charge in [-0.15, -0.1) is 0 Å². The van der Waals surface area contributed by atoms with E-state index in [9.17, 15) is 0 Å². The normalized spacial score (nSPS) is 13.9. The zero-order valence-electron chi connectivity index (χ0n) is 14.1. The third-order valence-corrected chi connectivity index (χ3v) is 4.26. The summed E-state index contributed by atoms with van der Waals surface area (Å²) in [6.45, 7) is 1.76. The Bertz CT molecular complexity index is 689. The fourth-order valence-corrected chi connectivity index (χ4v) is 2.95. The number of benzene rings is 2. The highest BCUT2D eigenvalue weighted by Crippen LogP contribution is 2.27. The van der Waals surface area contributed by atoms with Gasteiger partial charge in [0.2, 0.25) is 0 Å². The number of aliphatic imine (C=N–C) groups is 1. The van der Waals surface area contributed by atoms with E-state index in [4.69, 9.17) is 0 Å². The maximum atomic E-state index is 4.45. The lowest BCUT2D eigenvalue weighted by atomic mass is 10.2. The summed E-state index contributed by atoms with van der Waals surface area (Å²) in [5.41, 5.74) is 5.13. The third-order valence-electron chi connectivity index (χ3n) is 4.26. The lowest BCUT2D eigenvalue weighted by molar-refractivity contribution is 0.867. The zero-order valence-corrected chi connectivity index (χ0v) is 14.1. The Morgan fingerprint density at radius 3 is 2.57 bits per heavy atom. The monoisotopic (exact) mass is 308 g/mol. The second kappa shape index (κ2) is 6.73. The van der Waals surface area contributed by atoms with E-state index in [1.54, 1.807) is 0 Å². The van der Waals surface area contributed by atoms with Gasteiger partial charge in [-0.2, -0.15) is 0 Å². The molecule has 23 heavy (non-hydrogen) atoms. The number of anilines is 2. The van der Waals surface area contributed by atoms with E-state index in [-0.39, 0.29) is 0 Å². The zero-order chi connectivity index (χ0) is 16.2. The van der Waals surface area contributed by atoms with Crippen LogP contribution in [0.15, 0.2) is 53.5 Å². The maximum absolute atomic E-state index is 4.45. The van der Waals surface area contributed by atoms with E-state index in [0.717, 1.165) is 25.5 Å². The predicted octanol–water partition coefficient (Wildman–Crippen LogP) is 2.89. The molecule has 120 valence electrons. The summed E-state index contributed by atoms with van der Waals surface area (Å²) in [7, 11) is 5.96. The number of rotatable bonds is 3. The Kier molecular flexibility index (Phi) is 4.51. The third kappa shape index (κ3) is 3.31.